The lowest BCUT2D eigenvalue weighted by atomic mass is 10.3. The normalized spacial score (nSPS) is 10.1. The van der Waals surface area contributed by atoms with Crippen molar-refractivity contribution in [1.29, 1.82) is 0 Å². The summed E-state index contributed by atoms with van der Waals surface area (Å²) in [6.45, 7) is 5.09. The van der Waals surface area contributed by atoms with Crippen molar-refractivity contribution in [2.45, 2.75) is 26.8 Å². The van der Waals surface area contributed by atoms with Crippen LogP contribution in [0, 0.1) is 6.92 Å². The van der Waals surface area contributed by atoms with Crippen LogP contribution in [0.3, 0.4) is 0 Å². The van der Waals surface area contributed by atoms with Gasteiger partial charge in [0, 0.05) is 18.8 Å². The molecule has 0 saturated heterocycles. The molecule has 94 valence electrons. The minimum absolute atomic E-state index is 0.0122. The molecule has 0 unspecified atom stereocenters. The zero-order chi connectivity index (χ0) is 12.7. The molecule has 1 aromatic rings. The number of aryl methyl sites for hydroxylation is 1. The van der Waals surface area contributed by atoms with Crippen molar-refractivity contribution in [1.82, 2.24) is 10.3 Å². The van der Waals surface area contributed by atoms with Crippen LogP contribution in [0.25, 0.3) is 0 Å². The molecule has 5 nitrogen and oxygen atoms in total. The third-order valence-corrected chi connectivity index (χ3v) is 2.23. The smallest absolute Gasteiger partial charge is 0.223 e. The molecule has 5 heteroatoms. The molecule has 1 heterocycles. The molecule has 0 atom stereocenters. The Hall–Kier alpha value is -1.62. The van der Waals surface area contributed by atoms with Gasteiger partial charge in [-0.15, -0.1) is 0 Å². The molecule has 0 fully saturated rings. The molecule has 0 saturated carbocycles. The molecule has 0 aliphatic rings. The third-order valence-electron chi connectivity index (χ3n) is 2.23. The number of carbonyl (C=O) groups excluding carboxylic acids is 1. The lowest BCUT2D eigenvalue weighted by Crippen LogP contribution is -2.24. The summed E-state index contributed by atoms with van der Waals surface area (Å²) in [6.07, 6.45) is 0.339. The number of rotatable bonds is 6. The Kier molecular flexibility index (Phi) is 5.42. The van der Waals surface area contributed by atoms with E-state index >= 15 is 0 Å². The lowest BCUT2D eigenvalue weighted by molar-refractivity contribution is -0.121. The molecule has 0 aliphatic heterocycles. The van der Waals surface area contributed by atoms with Crippen LogP contribution in [0.1, 0.15) is 24.7 Å². The number of ether oxygens (including phenoxy) is 1. The monoisotopic (exact) mass is 237 g/mol. The molecule has 17 heavy (non-hydrogen) atoms. The molecule has 0 bridgehead atoms. The van der Waals surface area contributed by atoms with Gasteiger partial charge in [-0.3, -0.25) is 9.78 Å². The maximum absolute atomic E-state index is 11.2. The second-order valence-corrected chi connectivity index (χ2v) is 3.65. The zero-order valence-electron chi connectivity index (χ0n) is 10.3. The van der Waals surface area contributed by atoms with Crippen molar-refractivity contribution >= 4 is 5.91 Å². The fourth-order valence-electron chi connectivity index (χ4n) is 1.41. The largest absolute Gasteiger partial charge is 0.491 e. The minimum Gasteiger partial charge on any atom is -0.491 e. The van der Waals surface area contributed by atoms with Gasteiger partial charge in [-0.2, -0.15) is 0 Å². The first kappa shape index (κ1) is 13.4. The van der Waals surface area contributed by atoms with Crippen LogP contribution in [0.4, 0.5) is 0 Å². The minimum atomic E-state index is -0.0122. The average Bonchev–Trinajstić information content (AvgIpc) is 2.31. The van der Waals surface area contributed by atoms with Gasteiger partial charge in [0.05, 0.1) is 18.7 Å². The highest BCUT2D eigenvalue weighted by Gasteiger charge is 2.05. The highest BCUT2D eigenvalue weighted by molar-refractivity contribution is 5.75. The first-order valence-electron chi connectivity index (χ1n) is 5.73. The Morgan fingerprint density at radius 1 is 1.53 bits per heavy atom. The quantitative estimate of drug-likeness (QED) is 0.765. The molecule has 1 rings (SSSR count). The highest BCUT2D eigenvalue weighted by Crippen LogP contribution is 2.16. The highest BCUT2D eigenvalue weighted by atomic mass is 16.5. The number of pyridine rings is 1. The van der Waals surface area contributed by atoms with Gasteiger partial charge in [-0.1, -0.05) is 0 Å². The summed E-state index contributed by atoms with van der Waals surface area (Å²) in [5.74, 6) is 0.643. The topological polar surface area (TPSA) is 77.2 Å². The first-order chi connectivity index (χ1) is 8.17. The van der Waals surface area contributed by atoms with Crippen LogP contribution in [-0.4, -0.2) is 24.0 Å². The maximum Gasteiger partial charge on any atom is 0.223 e. The second-order valence-electron chi connectivity index (χ2n) is 3.65. The molecule has 0 aliphatic carbocycles. The summed E-state index contributed by atoms with van der Waals surface area (Å²) in [7, 11) is 0. The Morgan fingerprint density at radius 3 is 2.94 bits per heavy atom. The van der Waals surface area contributed by atoms with Gasteiger partial charge in [-0.05, 0) is 26.0 Å². The number of hydrogen-bond acceptors (Lipinski definition) is 4. The fraction of sp³-hybridized carbons (Fsp3) is 0.500. The van der Waals surface area contributed by atoms with Crippen LogP contribution in [-0.2, 0) is 11.3 Å². The second kappa shape index (κ2) is 6.85. The molecule has 1 amide bonds. The van der Waals surface area contributed by atoms with E-state index in [9.17, 15) is 4.79 Å². The molecule has 0 spiro atoms. The Morgan fingerprint density at radius 2 is 2.29 bits per heavy atom. The first-order valence-corrected chi connectivity index (χ1v) is 5.73. The van der Waals surface area contributed by atoms with Crippen molar-refractivity contribution in [3.05, 3.63) is 23.5 Å². The Labute approximate surface area is 101 Å². The van der Waals surface area contributed by atoms with Crippen molar-refractivity contribution in [3.63, 3.8) is 0 Å². The summed E-state index contributed by atoms with van der Waals surface area (Å²) >= 11 is 0. The number of hydrogen-bond donors (Lipinski definition) is 2. The average molecular weight is 237 g/mol. The van der Waals surface area contributed by atoms with E-state index in [0.29, 0.717) is 31.9 Å². The summed E-state index contributed by atoms with van der Waals surface area (Å²) in [5, 5.41) is 2.71. The van der Waals surface area contributed by atoms with E-state index < -0.39 is 0 Å². The molecular formula is C12H19N3O2. The third kappa shape index (κ3) is 4.40. The summed E-state index contributed by atoms with van der Waals surface area (Å²) < 4.78 is 5.50. The van der Waals surface area contributed by atoms with Crippen LogP contribution in [0.5, 0.6) is 5.75 Å². The van der Waals surface area contributed by atoms with E-state index in [0.717, 1.165) is 11.4 Å². The van der Waals surface area contributed by atoms with Crippen molar-refractivity contribution in [2.75, 3.05) is 13.2 Å². The number of nitrogens with two attached hydrogens (primary N) is 1. The van der Waals surface area contributed by atoms with E-state index in [4.69, 9.17) is 10.5 Å². The van der Waals surface area contributed by atoms with E-state index in [1.807, 2.05) is 26.0 Å². The van der Waals surface area contributed by atoms with E-state index in [1.165, 1.54) is 0 Å². The van der Waals surface area contributed by atoms with Crippen molar-refractivity contribution in [3.8, 4) is 5.75 Å². The Bertz CT molecular complexity index is 380. The van der Waals surface area contributed by atoms with Gasteiger partial charge in [0.1, 0.15) is 5.75 Å². The summed E-state index contributed by atoms with van der Waals surface area (Å²) in [5.41, 5.74) is 7.20. The molecule has 1 aromatic heterocycles. The summed E-state index contributed by atoms with van der Waals surface area (Å²) in [6, 6.07) is 3.70. The van der Waals surface area contributed by atoms with Gasteiger partial charge in [0.2, 0.25) is 5.91 Å². The number of carbonyl (C=O) groups is 1. The molecular weight excluding hydrogens is 218 g/mol. The van der Waals surface area contributed by atoms with Crippen LogP contribution in [0.15, 0.2) is 12.1 Å². The van der Waals surface area contributed by atoms with Crippen LogP contribution < -0.4 is 15.8 Å². The summed E-state index contributed by atoms with van der Waals surface area (Å²) in [4.78, 5) is 15.5. The number of aromatic nitrogens is 1. The number of amides is 1. The lowest BCUT2D eigenvalue weighted by Gasteiger charge is -2.10. The number of nitrogens with one attached hydrogen (secondary N) is 1. The van der Waals surface area contributed by atoms with E-state index in [1.54, 1.807) is 0 Å². The predicted molar refractivity (Wildman–Crippen MR) is 65.7 cm³/mol. The maximum atomic E-state index is 11.2. The van der Waals surface area contributed by atoms with Gasteiger partial charge in [-0.25, -0.2) is 0 Å². The Balaban J connectivity index is 2.49. The van der Waals surface area contributed by atoms with E-state index in [2.05, 4.69) is 10.3 Å². The van der Waals surface area contributed by atoms with Gasteiger partial charge < -0.3 is 15.8 Å². The van der Waals surface area contributed by atoms with Gasteiger partial charge in [0.15, 0.2) is 0 Å². The van der Waals surface area contributed by atoms with Gasteiger partial charge >= 0.3 is 0 Å². The predicted octanol–water partition coefficient (Wildman–Crippen LogP) is 0.754. The van der Waals surface area contributed by atoms with Crippen LogP contribution in [0.2, 0.25) is 0 Å². The standard InChI is InChI=1S/C12H19N3O2/c1-3-14-12(16)6-7-17-11-5-4-9(2)15-10(11)8-13/h4-5H,3,6-8,13H2,1-2H3,(H,14,16). The zero-order valence-corrected chi connectivity index (χ0v) is 10.3. The van der Waals surface area contributed by atoms with Crippen molar-refractivity contribution < 1.29 is 9.53 Å². The van der Waals surface area contributed by atoms with E-state index in [-0.39, 0.29) is 5.91 Å². The van der Waals surface area contributed by atoms with Crippen molar-refractivity contribution in [2.24, 2.45) is 5.73 Å². The number of nitrogens with zero attached hydrogens (tertiary/aromatic N) is 1. The molecule has 0 aromatic carbocycles. The fourth-order valence-corrected chi connectivity index (χ4v) is 1.41. The SMILES string of the molecule is CCNC(=O)CCOc1ccc(C)nc1CN. The molecule has 0 radical (unpaired) electrons. The molecule has 3 N–H and O–H groups in total. The van der Waals surface area contributed by atoms with Gasteiger partial charge in [0.25, 0.3) is 0 Å². The van der Waals surface area contributed by atoms with Crippen LogP contribution >= 0.6 is 0 Å².